The smallest absolute Gasteiger partial charge is 0.264 e. The van der Waals surface area contributed by atoms with Crippen LogP contribution in [0.3, 0.4) is 0 Å². The first-order valence-electron chi connectivity index (χ1n) is 6.19. The number of carbonyl (C=O) groups is 2. The zero-order chi connectivity index (χ0) is 13.1. The molecule has 1 aromatic heterocycles. The Hall–Kier alpha value is -1.62. The summed E-state index contributed by atoms with van der Waals surface area (Å²) >= 11 is 0. The fourth-order valence-electron chi connectivity index (χ4n) is 2.21. The summed E-state index contributed by atoms with van der Waals surface area (Å²) in [6.07, 6.45) is 3.01. The molecule has 0 fully saturated rings. The Bertz CT molecular complexity index is 452. The van der Waals surface area contributed by atoms with Crippen molar-refractivity contribution in [3.05, 3.63) is 23.7 Å². The Morgan fingerprint density at radius 2 is 2.28 bits per heavy atom. The molecular weight excluding hydrogens is 234 g/mol. The van der Waals surface area contributed by atoms with E-state index in [1.165, 1.54) is 11.2 Å². The lowest BCUT2D eigenvalue weighted by molar-refractivity contribution is -0.129. The highest BCUT2D eigenvalue weighted by molar-refractivity contribution is 6.09. The van der Waals surface area contributed by atoms with Crippen LogP contribution in [-0.4, -0.2) is 35.0 Å². The number of imide groups is 1. The fourth-order valence-corrected chi connectivity index (χ4v) is 2.21. The van der Waals surface area contributed by atoms with Gasteiger partial charge in [0.15, 0.2) is 0 Å². The second-order valence-corrected chi connectivity index (χ2v) is 4.53. The summed E-state index contributed by atoms with van der Waals surface area (Å²) < 4.78 is 5.12. The number of furan rings is 1. The van der Waals surface area contributed by atoms with Crippen molar-refractivity contribution in [2.24, 2.45) is 5.92 Å². The van der Waals surface area contributed by atoms with Gasteiger partial charge in [-0.3, -0.25) is 14.5 Å². The van der Waals surface area contributed by atoms with E-state index in [0.717, 1.165) is 6.42 Å². The molecule has 0 saturated carbocycles. The van der Waals surface area contributed by atoms with Crippen LogP contribution in [0, 0.1) is 5.92 Å². The van der Waals surface area contributed by atoms with Gasteiger partial charge in [-0.15, -0.1) is 0 Å². The minimum Gasteiger partial charge on any atom is -0.468 e. The molecule has 1 unspecified atom stereocenters. The van der Waals surface area contributed by atoms with Crippen LogP contribution < -0.4 is 0 Å². The number of rotatable bonds is 5. The van der Waals surface area contributed by atoms with E-state index in [0.29, 0.717) is 24.3 Å². The highest BCUT2D eigenvalue weighted by Gasteiger charge is 2.33. The summed E-state index contributed by atoms with van der Waals surface area (Å²) in [5.74, 6) is 0.0954. The van der Waals surface area contributed by atoms with Gasteiger partial charge in [-0.2, -0.15) is 0 Å². The Balaban J connectivity index is 2.14. The Labute approximate surface area is 105 Å². The molecule has 1 aliphatic rings. The van der Waals surface area contributed by atoms with E-state index in [9.17, 15) is 9.59 Å². The molecule has 2 heterocycles. The van der Waals surface area contributed by atoms with Crippen molar-refractivity contribution in [3.8, 4) is 0 Å². The highest BCUT2D eigenvalue weighted by atomic mass is 16.3. The molecule has 5 heteroatoms. The number of amides is 2. The molecule has 1 atom stereocenters. The molecule has 0 bridgehead atoms. The van der Waals surface area contributed by atoms with Gasteiger partial charge < -0.3 is 9.52 Å². The minimum absolute atomic E-state index is 0.0751. The molecule has 0 aromatic carbocycles. The highest BCUT2D eigenvalue weighted by Crippen LogP contribution is 2.22. The number of hydrogen-bond donors (Lipinski definition) is 1. The summed E-state index contributed by atoms with van der Waals surface area (Å²) in [6, 6.07) is 1.60. The first-order valence-corrected chi connectivity index (χ1v) is 6.19. The van der Waals surface area contributed by atoms with E-state index >= 15 is 0 Å². The monoisotopic (exact) mass is 251 g/mol. The molecule has 1 aliphatic heterocycles. The number of nitrogens with zero attached hydrogens (tertiary/aromatic N) is 1. The molecule has 0 radical (unpaired) electrons. The van der Waals surface area contributed by atoms with Gasteiger partial charge >= 0.3 is 0 Å². The van der Waals surface area contributed by atoms with Crippen LogP contribution in [0.2, 0.25) is 0 Å². The zero-order valence-corrected chi connectivity index (χ0v) is 10.4. The fraction of sp³-hybridized carbons (Fsp3) is 0.538. The van der Waals surface area contributed by atoms with Crippen molar-refractivity contribution < 1.29 is 19.1 Å². The van der Waals surface area contributed by atoms with Crippen molar-refractivity contribution in [3.63, 3.8) is 0 Å². The lowest BCUT2D eigenvalue weighted by Gasteiger charge is -2.27. The van der Waals surface area contributed by atoms with E-state index in [1.54, 1.807) is 6.07 Å². The summed E-state index contributed by atoms with van der Waals surface area (Å²) in [4.78, 5) is 25.3. The average Bonchev–Trinajstić information content (AvgIpc) is 2.81. The largest absolute Gasteiger partial charge is 0.468 e. The summed E-state index contributed by atoms with van der Waals surface area (Å²) in [5.41, 5.74) is 0.480. The van der Waals surface area contributed by atoms with Crippen molar-refractivity contribution in [1.82, 2.24) is 4.90 Å². The molecule has 1 N–H and O–H groups in total. The molecule has 98 valence electrons. The van der Waals surface area contributed by atoms with E-state index in [-0.39, 0.29) is 30.8 Å². The van der Waals surface area contributed by atoms with E-state index in [2.05, 4.69) is 0 Å². The van der Waals surface area contributed by atoms with Crippen molar-refractivity contribution >= 4 is 11.8 Å². The second kappa shape index (κ2) is 5.35. The standard InChI is InChI=1S/C13H17NO4/c1-2-9(3-5-15)8-14-12(16)7-11-10(13(14)17)4-6-18-11/h4,6,9,15H,2-3,5,7-8H2,1H3. The van der Waals surface area contributed by atoms with Crippen molar-refractivity contribution in [2.75, 3.05) is 13.2 Å². The number of fused-ring (bicyclic) bond motifs is 1. The normalized spacial score (nSPS) is 16.9. The van der Waals surface area contributed by atoms with Gasteiger partial charge in [-0.05, 0) is 18.4 Å². The predicted molar refractivity (Wildman–Crippen MR) is 63.9 cm³/mol. The van der Waals surface area contributed by atoms with Crippen LogP contribution in [0.1, 0.15) is 35.9 Å². The topological polar surface area (TPSA) is 70.8 Å². The van der Waals surface area contributed by atoms with Gasteiger partial charge in [-0.1, -0.05) is 13.3 Å². The van der Waals surface area contributed by atoms with Crippen molar-refractivity contribution in [1.29, 1.82) is 0 Å². The van der Waals surface area contributed by atoms with Crippen LogP contribution >= 0.6 is 0 Å². The SMILES string of the molecule is CCC(CCO)CN1C(=O)Cc2occc2C1=O. The third-order valence-electron chi connectivity index (χ3n) is 3.39. The molecule has 0 aliphatic carbocycles. The maximum absolute atomic E-state index is 12.1. The van der Waals surface area contributed by atoms with Gasteiger partial charge in [0.25, 0.3) is 5.91 Å². The van der Waals surface area contributed by atoms with Gasteiger partial charge in [0.1, 0.15) is 5.76 Å². The van der Waals surface area contributed by atoms with E-state index in [1.807, 2.05) is 6.92 Å². The Morgan fingerprint density at radius 1 is 1.50 bits per heavy atom. The number of aliphatic hydroxyl groups excluding tert-OH is 1. The maximum atomic E-state index is 12.1. The molecular formula is C13H17NO4. The average molecular weight is 251 g/mol. The predicted octanol–water partition coefficient (Wildman–Crippen LogP) is 1.21. The molecule has 18 heavy (non-hydrogen) atoms. The van der Waals surface area contributed by atoms with Gasteiger partial charge in [-0.25, -0.2) is 0 Å². The van der Waals surface area contributed by atoms with Crippen LogP contribution in [0.15, 0.2) is 16.7 Å². The number of hydrogen-bond acceptors (Lipinski definition) is 4. The first-order chi connectivity index (χ1) is 8.67. The third-order valence-corrected chi connectivity index (χ3v) is 3.39. The number of aliphatic hydroxyl groups is 1. The van der Waals surface area contributed by atoms with E-state index < -0.39 is 0 Å². The molecule has 2 amide bonds. The second-order valence-electron chi connectivity index (χ2n) is 4.53. The van der Waals surface area contributed by atoms with Crippen LogP contribution in [0.25, 0.3) is 0 Å². The summed E-state index contributed by atoms with van der Waals surface area (Å²) in [6.45, 7) is 2.44. The van der Waals surface area contributed by atoms with Gasteiger partial charge in [0, 0.05) is 13.2 Å². The summed E-state index contributed by atoms with van der Waals surface area (Å²) in [5, 5.41) is 8.95. The lowest BCUT2D eigenvalue weighted by atomic mass is 9.99. The molecule has 5 nitrogen and oxygen atoms in total. The molecule has 1 aromatic rings. The zero-order valence-electron chi connectivity index (χ0n) is 10.4. The van der Waals surface area contributed by atoms with Crippen LogP contribution in [0.4, 0.5) is 0 Å². The first kappa shape index (κ1) is 12.8. The Morgan fingerprint density at radius 3 is 2.94 bits per heavy atom. The minimum atomic E-state index is -0.286. The van der Waals surface area contributed by atoms with Crippen molar-refractivity contribution in [2.45, 2.75) is 26.2 Å². The molecule has 0 spiro atoms. The van der Waals surface area contributed by atoms with Gasteiger partial charge in [0.2, 0.25) is 5.91 Å². The molecule has 2 rings (SSSR count). The number of carbonyl (C=O) groups excluding carboxylic acids is 2. The van der Waals surface area contributed by atoms with Crippen LogP contribution in [-0.2, 0) is 11.2 Å². The Kier molecular flexibility index (Phi) is 3.81. The lowest BCUT2D eigenvalue weighted by Crippen LogP contribution is -2.44. The van der Waals surface area contributed by atoms with E-state index in [4.69, 9.17) is 9.52 Å². The molecule has 0 saturated heterocycles. The maximum Gasteiger partial charge on any atom is 0.264 e. The third kappa shape index (κ3) is 2.31. The quantitative estimate of drug-likeness (QED) is 0.798. The summed E-state index contributed by atoms with van der Waals surface area (Å²) in [7, 11) is 0. The van der Waals surface area contributed by atoms with Gasteiger partial charge in [0.05, 0.1) is 18.2 Å². The van der Waals surface area contributed by atoms with Crippen LogP contribution in [0.5, 0.6) is 0 Å².